The predicted molar refractivity (Wildman–Crippen MR) is 162 cm³/mol. The van der Waals surface area contributed by atoms with Gasteiger partial charge in [-0.2, -0.15) is 0 Å². The number of carboxylic acid groups (broad SMARTS) is 1. The van der Waals surface area contributed by atoms with Gasteiger partial charge in [-0.1, -0.05) is 25.5 Å². The highest BCUT2D eigenvalue weighted by Gasteiger charge is 2.30. The monoisotopic (exact) mass is 572 g/mol. The van der Waals surface area contributed by atoms with Crippen LogP contribution in [0.15, 0.2) is 51.4 Å². The molecule has 42 heavy (non-hydrogen) atoms. The number of nitrogens with zero attached hydrogens (tertiary/aromatic N) is 4. The van der Waals surface area contributed by atoms with Gasteiger partial charge in [-0.25, -0.2) is 4.57 Å². The van der Waals surface area contributed by atoms with E-state index in [4.69, 9.17) is 0 Å². The zero-order valence-corrected chi connectivity index (χ0v) is 24.8. The lowest BCUT2D eigenvalue weighted by molar-refractivity contribution is -0.143. The van der Waals surface area contributed by atoms with Crippen molar-refractivity contribution in [2.75, 3.05) is 6.54 Å². The number of aryl methyl sites for hydroxylation is 2. The van der Waals surface area contributed by atoms with Gasteiger partial charge in [-0.05, 0) is 111 Å². The molecule has 0 saturated heterocycles. The molecule has 3 N–H and O–H groups in total. The molecular formula is C33H40N4O5. The van der Waals surface area contributed by atoms with Crippen LogP contribution in [-0.4, -0.2) is 43.3 Å². The summed E-state index contributed by atoms with van der Waals surface area (Å²) in [6.07, 6.45) is 5.08. The molecule has 0 aliphatic heterocycles. The van der Waals surface area contributed by atoms with Crippen LogP contribution in [-0.2, 0) is 11.3 Å². The van der Waals surface area contributed by atoms with Crippen molar-refractivity contribution in [2.45, 2.75) is 84.7 Å². The Morgan fingerprint density at radius 3 is 2.48 bits per heavy atom. The third-order valence-corrected chi connectivity index (χ3v) is 8.99. The van der Waals surface area contributed by atoms with E-state index in [-0.39, 0.29) is 34.5 Å². The highest BCUT2D eigenvalue weighted by molar-refractivity contribution is 5.70. The number of pyridine rings is 1. The number of para-hydroxylation sites is 1. The van der Waals surface area contributed by atoms with Gasteiger partial charge in [0.25, 0.3) is 5.56 Å². The first-order valence-corrected chi connectivity index (χ1v) is 14.9. The van der Waals surface area contributed by atoms with Crippen molar-refractivity contribution in [1.29, 1.82) is 0 Å². The second kappa shape index (κ2) is 12.1. The number of phenolic OH excluding ortho intramolecular Hbond substituents is 1. The molecule has 0 amide bonds. The molecule has 3 aromatic rings. The number of aliphatic carboxylic acids is 1. The lowest BCUT2D eigenvalue weighted by Gasteiger charge is -2.27. The van der Waals surface area contributed by atoms with E-state index in [1.807, 2.05) is 19.1 Å². The van der Waals surface area contributed by atoms with E-state index in [2.05, 4.69) is 29.0 Å². The van der Waals surface area contributed by atoms with Crippen molar-refractivity contribution in [3.63, 3.8) is 0 Å². The molecule has 5 rings (SSSR count). The molecule has 2 aliphatic carbocycles. The number of aromatic nitrogens is 1. The number of carboxylic acids is 1. The largest absolute Gasteiger partial charge is 0.505 e. The molecule has 2 saturated carbocycles. The zero-order valence-electron chi connectivity index (χ0n) is 24.8. The van der Waals surface area contributed by atoms with Gasteiger partial charge in [0.2, 0.25) is 5.88 Å². The van der Waals surface area contributed by atoms with E-state index in [0.29, 0.717) is 35.7 Å². The second-order valence-electron chi connectivity index (χ2n) is 11.8. The van der Waals surface area contributed by atoms with Crippen LogP contribution in [0.5, 0.6) is 11.6 Å². The molecule has 0 spiro atoms. The van der Waals surface area contributed by atoms with E-state index in [1.165, 1.54) is 29.0 Å². The van der Waals surface area contributed by atoms with E-state index >= 15 is 0 Å². The number of azo groups is 1. The first-order chi connectivity index (χ1) is 20.1. The number of hydrogen-bond acceptors (Lipinski definition) is 7. The number of aromatic hydroxyl groups is 2. The molecule has 2 fully saturated rings. The molecule has 222 valence electrons. The van der Waals surface area contributed by atoms with Gasteiger partial charge in [-0.15, -0.1) is 10.2 Å². The van der Waals surface area contributed by atoms with Crippen molar-refractivity contribution in [1.82, 2.24) is 9.47 Å². The highest BCUT2D eigenvalue weighted by Crippen LogP contribution is 2.44. The fraction of sp³-hybridized carbons (Fsp3) is 0.455. The Bertz CT molecular complexity index is 1590. The topological polar surface area (TPSA) is 128 Å². The predicted octanol–water partition coefficient (Wildman–Crippen LogP) is 6.93. The number of hydrogen-bond donors (Lipinski definition) is 3. The average molecular weight is 573 g/mol. The number of carbonyl (C=O) groups is 1. The van der Waals surface area contributed by atoms with Crippen LogP contribution in [0, 0.1) is 26.7 Å². The summed E-state index contributed by atoms with van der Waals surface area (Å²) in [4.78, 5) is 27.2. The molecule has 0 bridgehead atoms. The zero-order chi connectivity index (χ0) is 30.1. The fourth-order valence-corrected chi connectivity index (χ4v) is 6.20. The number of benzene rings is 2. The van der Waals surface area contributed by atoms with Crippen LogP contribution in [0.4, 0.5) is 11.4 Å². The summed E-state index contributed by atoms with van der Waals surface area (Å²) in [5.41, 5.74) is 4.96. The molecule has 2 aromatic carbocycles. The van der Waals surface area contributed by atoms with Gasteiger partial charge in [0.05, 0.1) is 11.6 Å². The van der Waals surface area contributed by atoms with Crippen molar-refractivity contribution in [3.8, 4) is 17.3 Å². The molecule has 2 unspecified atom stereocenters. The minimum Gasteiger partial charge on any atom is -0.505 e. The van der Waals surface area contributed by atoms with E-state index < -0.39 is 11.9 Å². The molecule has 9 nitrogen and oxygen atoms in total. The third kappa shape index (κ3) is 5.97. The SMILES string of the molecule is CCN(Cc1cc(-n2c(O)c(N=Nc3cccc(C4CCCC(C(=O)O)C4)c3O)c(C)cc2=O)cc(C)c1C)C1CC1. The van der Waals surface area contributed by atoms with E-state index in [1.54, 1.807) is 25.1 Å². The standard InChI is InChI=1S/C33H40N4O5/c1-5-36(25-12-13-25)18-24-17-26(14-19(2)21(24)4)37-29(38)15-20(3)30(32(37)40)35-34-28-11-7-10-27(31(28)39)22-8-6-9-23(16-22)33(41)42/h7,10-11,14-15,17,22-23,25,39-40H,5-6,8-9,12-13,16,18H2,1-4H3,(H,41,42). The van der Waals surface area contributed by atoms with Crippen LogP contribution in [0.2, 0.25) is 0 Å². The van der Waals surface area contributed by atoms with Crippen LogP contribution >= 0.6 is 0 Å². The molecular weight excluding hydrogens is 532 g/mol. The normalized spacial score (nSPS) is 19.1. The Morgan fingerprint density at radius 2 is 1.79 bits per heavy atom. The Morgan fingerprint density at radius 1 is 1.02 bits per heavy atom. The minimum atomic E-state index is -0.808. The molecule has 0 radical (unpaired) electrons. The molecule has 2 aliphatic rings. The summed E-state index contributed by atoms with van der Waals surface area (Å²) in [5, 5.41) is 40.5. The first-order valence-electron chi connectivity index (χ1n) is 14.9. The van der Waals surface area contributed by atoms with Gasteiger partial charge in [-0.3, -0.25) is 14.5 Å². The fourth-order valence-electron chi connectivity index (χ4n) is 6.20. The summed E-state index contributed by atoms with van der Waals surface area (Å²) >= 11 is 0. The smallest absolute Gasteiger partial charge is 0.306 e. The van der Waals surface area contributed by atoms with Gasteiger partial charge in [0.15, 0.2) is 0 Å². The molecule has 2 atom stereocenters. The molecule has 1 heterocycles. The van der Waals surface area contributed by atoms with E-state index in [0.717, 1.165) is 37.1 Å². The van der Waals surface area contributed by atoms with Gasteiger partial charge in [0.1, 0.15) is 17.1 Å². The maximum Gasteiger partial charge on any atom is 0.306 e. The van der Waals surface area contributed by atoms with Gasteiger partial charge in [0, 0.05) is 18.7 Å². The van der Waals surface area contributed by atoms with E-state index in [9.17, 15) is 24.9 Å². The Balaban J connectivity index is 1.49. The molecule has 1 aromatic heterocycles. The Kier molecular flexibility index (Phi) is 8.50. The minimum absolute atomic E-state index is 0.0438. The van der Waals surface area contributed by atoms with Crippen LogP contribution in [0.1, 0.15) is 79.2 Å². The quantitative estimate of drug-likeness (QED) is 0.239. The summed E-state index contributed by atoms with van der Waals surface area (Å²) in [5.74, 6) is -1.69. The maximum atomic E-state index is 13.2. The van der Waals surface area contributed by atoms with Crippen molar-refractivity contribution >= 4 is 17.3 Å². The van der Waals surface area contributed by atoms with Gasteiger partial charge >= 0.3 is 5.97 Å². The van der Waals surface area contributed by atoms with Crippen molar-refractivity contribution in [2.24, 2.45) is 16.1 Å². The van der Waals surface area contributed by atoms with Crippen LogP contribution < -0.4 is 5.56 Å². The summed E-state index contributed by atoms with van der Waals surface area (Å²) in [6.45, 7) is 9.66. The maximum absolute atomic E-state index is 13.2. The van der Waals surface area contributed by atoms with Gasteiger partial charge < -0.3 is 15.3 Å². The average Bonchev–Trinajstić information content (AvgIpc) is 3.80. The summed E-state index contributed by atoms with van der Waals surface area (Å²) < 4.78 is 1.26. The number of rotatable bonds is 9. The number of phenols is 1. The van der Waals surface area contributed by atoms with Crippen molar-refractivity contribution < 1.29 is 20.1 Å². The van der Waals surface area contributed by atoms with Crippen LogP contribution in [0.3, 0.4) is 0 Å². The van der Waals surface area contributed by atoms with Crippen molar-refractivity contribution in [3.05, 3.63) is 74.6 Å². The van der Waals surface area contributed by atoms with Crippen LogP contribution in [0.25, 0.3) is 5.69 Å². The third-order valence-electron chi connectivity index (χ3n) is 8.99. The first kappa shape index (κ1) is 29.5. The summed E-state index contributed by atoms with van der Waals surface area (Å²) in [6, 6.07) is 11.1. The molecule has 9 heteroatoms. The Labute approximate surface area is 246 Å². The summed E-state index contributed by atoms with van der Waals surface area (Å²) in [7, 11) is 0. The lowest BCUT2D eigenvalue weighted by Crippen LogP contribution is -2.26. The Hall–Kier alpha value is -3.98. The lowest BCUT2D eigenvalue weighted by atomic mass is 9.77. The second-order valence-corrected chi connectivity index (χ2v) is 11.8. The highest BCUT2D eigenvalue weighted by atomic mass is 16.4.